The minimum Gasteiger partial charge on any atom is -0.455 e. The first-order valence-electron chi connectivity index (χ1n) is 18.7. The van der Waals surface area contributed by atoms with E-state index in [0.717, 1.165) is 18.4 Å². The molecule has 3 amide bonds. The molecule has 3 aliphatic rings. The molecule has 7 atom stereocenters. The van der Waals surface area contributed by atoms with Gasteiger partial charge in [0.25, 0.3) is 0 Å². The van der Waals surface area contributed by atoms with Crippen molar-refractivity contribution < 1.29 is 33.8 Å². The summed E-state index contributed by atoms with van der Waals surface area (Å²) in [6.07, 6.45) is 6.35. The number of unbranched alkanes of at least 4 members (excludes halogenated alkanes) is 3. The molecule has 282 valence electrons. The van der Waals surface area contributed by atoms with E-state index < -0.39 is 47.7 Å². The van der Waals surface area contributed by atoms with E-state index >= 15 is 0 Å². The van der Waals surface area contributed by atoms with Crippen LogP contribution >= 0.6 is 0 Å². The minimum absolute atomic E-state index is 0.0746. The number of aliphatic hydroxyl groups excluding tert-OH is 1. The third kappa shape index (κ3) is 7.63. The summed E-state index contributed by atoms with van der Waals surface area (Å²) in [4.78, 5) is 59.8. The summed E-state index contributed by atoms with van der Waals surface area (Å²) in [6.45, 7) is 10.0. The molecule has 1 aromatic heterocycles. The van der Waals surface area contributed by atoms with Gasteiger partial charge in [-0.05, 0) is 56.7 Å². The predicted octanol–water partition coefficient (Wildman–Crippen LogP) is 4.09. The van der Waals surface area contributed by atoms with Gasteiger partial charge in [0.15, 0.2) is 0 Å². The van der Waals surface area contributed by atoms with Gasteiger partial charge in [0.05, 0.1) is 29.5 Å². The summed E-state index contributed by atoms with van der Waals surface area (Å²) >= 11 is 0. The number of ether oxygens (including phenoxy) is 2. The van der Waals surface area contributed by atoms with Gasteiger partial charge in [-0.25, -0.2) is 4.68 Å². The number of hydrogen-bond donors (Lipinski definition) is 2. The lowest BCUT2D eigenvalue weighted by Gasteiger charge is -2.36. The highest BCUT2D eigenvalue weighted by Crippen LogP contribution is 2.59. The van der Waals surface area contributed by atoms with Gasteiger partial charge >= 0.3 is 5.97 Å². The Morgan fingerprint density at radius 2 is 1.85 bits per heavy atom. The molecule has 0 radical (unpaired) electrons. The molecule has 13 nitrogen and oxygen atoms in total. The number of para-hydroxylation sites is 1. The number of amides is 3. The van der Waals surface area contributed by atoms with Gasteiger partial charge in [-0.2, -0.15) is 0 Å². The second kappa shape index (κ2) is 16.9. The Morgan fingerprint density at radius 1 is 1.09 bits per heavy atom. The van der Waals surface area contributed by atoms with E-state index in [4.69, 9.17) is 9.47 Å². The zero-order valence-electron chi connectivity index (χ0n) is 30.3. The molecule has 2 aromatic carbocycles. The largest absolute Gasteiger partial charge is 0.455 e. The highest BCUT2D eigenvalue weighted by Gasteiger charge is 2.75. The first kappa shape index (κ1) is 37.9. The number of nitrogens with one attached hydrogen (secondary N) is 1. The Kier molecular flexibility index (Phi) is 12.0. The van der Waals surface area contributed by atoms with Crippen LogP contribution in [-0.2, 0) is 35.3 Å². The number of hydrogen-bond acceptors (Lipinski definition) is 9. The molecule has 0 saturated carbocycles. The van der Waals surface area contributed by atoms with Crippen LogP contribution < -0.4 is 5.32 Å². The number of carbonyl (C=O) groups excluding carboxylic acids is 4. The lowest BCUT2D eigenvalue weighted by Crippen LogP contribution is -2.56. The van der Waals surface area contributed by atoms with E-state index in [1.807, 2.05) is 54.6 Å². The molecule has 53 heavy (non-hydrogen) atoms. The van der Waals surface area contributed by atoms with Crippen LogP contribution in [0, 0.1) is 11.8 Å². The van der Waals surface area contributed by atoms with Crippen molar-refractivity contribution >= 4 is 34.7 Å². The lowest BCUT2D eigenvalue weighted by atomic mass is 9.70. The molecule has 6 rings (SSSR count). The topological polar surface area (TPSA) is 156 Å². The Hall–Kier alpha value is -4.88. The van der Waals surface area contributed by atoms with E-state index in [9.17, 15) is 24.3 Å². The number of likely N-dealkylation sites (tertiary alicyclic amines) is 1. The average Bonchev–Trinajstić information content (AvgIpc) is 3.92. The molecule has 0 aliphatic carbocycles. The number of esters is 1. The van der Waals surface area contributed by atoms with Gasteiger partial charge in [-0.15, -0.1) is 18.3 Å². The summed E-state index contributed by atoms with van der Waals surface area (Å²) in [5.41, 5.74) is 0.918. The Bertz CT molecular complexity index is 1800. The highest BCUT2D eigenvalue weighted by molar-refractivity contribution is 5.98. The second-order valence-electron chi connectivity index (χ2n) is 14.2. The van der Waals surface area contributed by atoms with E-state index in [-0.39, 0.29) is 44.0 Å². The SMILES string of the molecule is C=CCCC(=O)N[C@H](C)[C@@H](OC(=O)[C@@H]1[C@H]2C(=O)N(CCCCCCO)[C@H](C(=O)N(CC=C)Cn3nnc4ccccc43)[C@]23CC[C@H]1O3)c1ccccc1. The van der Waals surface area contributed by atoms with Crippen LogP contribution in [0.5, 0.6) is 0 Å². The van der Waals surface area contributed by atoms with E-state index in [0.29, 0.717) is 49.7 Å². The summed E-state index contributed by atoms with van der Waals surface area (Å²) in [7, 11) is 0. The monoisotopic (exact) mass is 726 g/mol. The van der Waals surface area contributed by atoms with E-state index in [1.165, 1.54) is 0 Å². The van der Waals surface area contributed by atoms with Gasteiger partial charge in [0, 0.05) is 26.1 Å². The maximum atomic E-state index is 14.9. The fraction of sp³-hybridized carbons (Fsp3) is 0.500. The lowest BCUT2D eigenvalue weighted by molar-refractivity contribution is -0.162. The Morgan fingerprint density at radius 3 is 2.60 bits per heavy atom. The number of benzene rings is 2. The molecular formula is C40H50N6O7. The van der Waals surface area contributed by atoms with Crippen LogP contribution in [-0.4, -0.2) is 97.1 Å². The second-order valence-corrected chi connectivity index (χ2v) is 14.2. The Balaban J connectivity index is 1.29. The van der Waals surface area contributed by atoms with Gasteiger partial charge in [-0.3, -0.25) is 19.2 Å². The predicted molar refractivity (Wildman–Crippen MR) is 197 cm³/mol. The van der Waals surface area contributed by atoms with Crippen molar-refractivity contribution in [1.29, 1.82) is 0 Å². The molecule has 2 N–H and O–H groups in total. The average molecular weight is 727 g/mol. The number of nitrogens with zero attached hydrogens (tertiary/aromatic N) is 5. The van der Waals surface area contributed by atoms with Crippen molar-refractivity contribution in [3.63, 3.8) is 0 Å². The highest BCUT2D eigenvalue weighted by atomic mass is 16.6. The fourth-order valence-electron chi connectivity index (χ4n) is 8.36. The van der Waals surface area contributed by atoms with Crippen molar-refractivity contribution in [3.8, 4) is 0 Å². The molecule has 0 unspecified atom stereocenters. The molecule has 1 spiro atoms. The minimum atomic E-state index is -1.23. The van der Waals surface area contributed by atoms with E-state index in [1.54, 1.807) is 33.6 Å². The van der Waals surface area contributed by atoms with Crippen LogP contribution in [0.4, 0.5) is 0 Å². The third-order valence-electron chi connectivity index (χ3n) is 10.8. The number of allylic oxidation sites excluding steroid dienone is 1. The molecule has 4 heterocycles. The van der Waals surface area contributed by atoms with Crippen molar-refractivity contribution in [1.82, 2.24) is 30.1 Å². The number of carbonyl (C=O) groups is 4. The third-order valence-corrected chi connectivity index (χ3v) is 10.8. The molecule has 3 fully saturated rings. The molecule has 3 aliphatic heterocycles. The number of aliphatic hydroxyl groups is 1. The number of aromatic nitrogens is 3. The summed E-state index contributed by atoms with van der Waals surface area (Å²) < 4.78 is 14.6. The standard InChI is InChI=1S/C40H50N6O7/c1-4-6-20-32(48)41-27(3)35(28-16-10-9-11-17-28)52-39(51)33-31-21-22-40(53-31)34(33)37(49)45(24-14-7-8-15-25-47)36(40)38(50)44(23-5-2)26-46-30-19-13-12-18-29(30)42-43-46/h4-5,9-13,16-19,27,31,33-36,47H,1-2,6-8,14-15,20-26H2,3H3,(H,41,48)/t27-,31-,33+,34+,35-,36-,40+/m1/s1. The quantitative estimate of drug-likeness (QED) is 0.106. The summed E-state index contributed by atoms with van der Waals surface area (Å²) in [6, 6.07) is 15.1. The summed E-state index contributed by atoms with van der Waals surface area (Å²) in [5, 5.41) is 20.8. The molecule has 3 aromatic rings. The van der Waals surface area contributed by atoms with E-state index in [2.05, 4.69) is 28.8 Å². The summed E-state index contributed by atoms with van der Waals surface area (Å²) in [5.74, 6) is -3.27. The maximum Gasteiger partial charge on any atom is 0.313 e. The number of rotatable bonds is 19. The Labute approximate surface area is 310 Å². The molecule has 2 bridgehead atoms. The number of fused-ring (bicyclic) bond motifs is 2. The van der Waals surface area contributed by atoms with Gasteiger partial charge in [0.1, 0.15) is 29.9 Å². The van der Waals surface area contributed by atoms with Crippen LogP contribution in [0.1, 0.15) is 70.0 Å². The van der Waals surface area contributed by atoms with Crippen molar-refractivity contribution in [2.75, 3.05) is 19.7 Å². The first-order valence-corrected chi connectivity index (χ1v) is 18.7. The normalized spacial score (nSPS) is 24.1. The molecule has 3 saturated heterocycles. The fourth-order valence-corrected chi connectivity index (χ4v) is 8.36. The zero-order valence-corrected chi connectivity index (χ0v) is 30.3. The van der Waals surface area contributed by atoms with Crippen molar-refractivity contribution in [2.45, 2.75) is 94.9 Å². The van der Waals surface area contributed by atoms with Crippen molar-refractivity contribution in [3.05, 3.63) is 85.5 Å². The van der Waals surface area contributed by atoms with Crippen LogP contribution in [0.15, 0.2) is 79.9 Å². The molecular weight excluding hydrogens is 676 g/mol. The van der Waals surface area contributed by atoms with Crippen molar-refractivity contribution in [2.24, 2.45) is 11.8 Å². The van der Waals surface area contributed by atoms with Crippen LogP contribution in [0.3, 0.4) is 0 Å². The van der Waals surface area contributed by atoms with Gasteiger partial charge < -0.3 is 29.7 Å². The van der Waals surface area contributed by atoms with Crippen LogP contribution in [0.25, 0.3) is 11.0 Å². The van der Waals surface area contributed by atoms with Gasteiger partial charge in [0.2, 0.25) is 17.7 Å². The van der Waals surface area contributed by atoms with Gasteiger partial charge in [-0.1, -0.05) is 72.7 Å². The first-order chi connectivity index (χ1) is 25.7. The zero-order chi connectivity index (χ0) is 37.5. The smallest absolute Gasteiger partial charge is 0.313 e. The van der Waals surface area contributed by atoms with Crippen LogP contribution in [0.2, 0.25) is 0 Å². The molecule has 13 heteroatoms. The maximum absolute atomic E-state index is 14.9.